The molecule has 2 aliphatic rings. The summed E-state index contributed by atoms with van der Waals surface area (Å²) >= 11 is 1.70. The van der Waals surface area contributed by atoms with Crippen LogP contribution in [0.2, 0.25) is 0 Å². The molecule has 1 aromatic carbocycles. The van der Waals surface area contributed by atoms with Gasteiger partial charge in [0.25, 0.3) is 0 Å². The molecule has 2 fully saturated rings. The number of amides is 1. The van der Waals surface area contributed by atoms with Gasteiger partial charge in [-0.05, 0) is 69.9 Å². The number of aromatic nitrogens is 1. The highest BCUT2D eigenvalue weighted by atomic mass is 32.1. The summed E-state index contributed by atoms with van der Waals surface area (Å²) in [5.74, 6) is 1.23. The van der Waals surface area contributed by atoms with E-state index in [9.17, 15) is 4.79 Å². The first kappa shape index (κ1) is 20.4. The number of fused-ring (bicyclic) bond motifs is 1. The Morgan fingerprint density at radius 2 is 2.00 bits per heavy atom. The molecule has 2 aromatic rings. The van der Waals surface area contributed by atoms with Crippen LogP contribution in [0.25, 0.3) is 10.2 Å². The fraction of sp³-hybridized carbons (Fsp3) is 0.636. The summed E-state index contributed by atoms with van der Waals surface area (Å²) in [6.45, 7) is 6.15. The number of methoxy groups -OCH3 is 1. The number of likely N-dealkylation sites (tertiary alicyclic amines) is 1. The van der Waals surface area contributed by atoms with E-state index in [1.165, 1.54) is 32.4 Å². The lowest BCUT2D eigenvalue weighted by Gasteiger charge is -2.31. The zero-order valence-corrected chi connectivity index (χ0v) is 18.2. The van der Waals surface area contributed by atoms with Crippen molar-refractivity contribution >= 4 is 32.6 Å². The number of hydrogen-bond acceptors (Lipinski definition) is 6. The first-order valence-electron chi connectivity index (χ1n) is 10.9. The van der Waals surface area contributed by atoms with Crippen molar-refractivity contribution in [2.24, 2.45) is 5.92 Å². The molecule has 0 unspecified atom stereocenters. The van der Waals surface area contributed by atoms with Gasteiger partial charge >= 0.3 is 0 Å². The van der Waals surface area contributed by atoms with Gasteiger partial charge in [-0.2, -0.15) is 0 Å². The number of nitrogens with zero attached hydrogens (tertiary/aromatic N) is 3. The number of nitrogens with one attached hydrogen (secondary N) is 1. The molecule has 158 valence electrons. The summed E-state index contributed by atoms with van der Waals surface area (Å²) in [5, 5.41) is 4.22. The van der Waals surface area contributed by atoms with E-state index >= 15 is 0 Å². The average molecular weight is 417 g/mol. The summed E-state index contributed by atoms with van der Waals surface area (Å²) < 4.78 is 6.46. The minimum absolute atomic E-state index is 0.135. The zero-order valence-electron chi connectivity index (χ0n) is 17.4. The van der Waals surface area contributed by atoms with Crippen LogP contribution >= 0.6 is 11.3 Å². The molecule has 0 bridgehead atoms. The van der Waals surface area contributed by atoms with Gasteiger partial charge in [0.15, 0.2) is 5.13 Å². The molecule has 0 atom stereocenters. The monoisotopic (exact) mass is 416 g/mol. The number of carbonyl (C=O) groups is 1. The largest absolute Gasteiger partial charge is 0.497 e. The molecule has 3 heterocycles. The van der Waals surface area contributed by atoms with Crippen LogP contribution < -0.4 is 15.0 Å². The van der Waals surface area contributed by atoms with Gasteiger partial charge in [0, 0.05) is 25.6 Å². The smallest absolute Gasteiger partial charge is 0.223 e. The number of benzene rings is 1. The van der Waals surface area contributed by atoms with E-state index in [4.69, 9.17) is 9.72 Å². The molecule has 0 aliphatic carbocycles. The lowest BCUT2D eigenvalue weighted by atomic mass is 9.96. The van der Waals surface area contributed by atoms with Gasteiger partial charge in [0.1, 0.15) is 5.75 Å². The maximum atomic E-state index is 12.5. The average Bonchev–Trinajstić information content (AvgIpc) is 3.20. The molecule has 1 amide bonds. The van der Waals surface area contributed by atoms with E-state index in [0.717, 1.165) is 66.5 Å². The predicted molar refractivity (Wildman–Crippen MR) is 119 cm³/mol. The first-order valence-corrected chi connectivity index (χ1v) is 11.7. The SMILES string of the molecule is COc1ccc2nc(N3CCC(C(=O)NCCCN4CCCCC4)CC3)sc2c1. The van der Waals surface area contributed by atoms with Crippen molar-refractivity contribution in [2.75, 3.05) is 51.3 Å². The highest BCUT2D eigenvalue weighted by Crippen LogP contribution is 2.33. The number of rotatable bonds is 7. The molecule has 1 N–H and O–H groups in total. The lowest BCUT2D eigenvalue weighted by Crippen LogP contribution is -2.41. The van der Waals surface area contributed by atoms with Crippen LogP contribution in [0, 0.1) is 5.92 Å². The van der Waals surface area contributed by atoms with Crippen molar-refractivity contribution in [3.05, 3.63) is 18.2 Å². The van der Waals surface area contributed by atoms with E-state index in [1.54, 1.807) is 18.4 Å². The van der Waals surface area contributed by atoms with Crippen molar-refractivity contribution in [1.29, 1.82) is 0 Å². The Labute approximate surface area is 177 Å². The van der Waals surface area contributed by atoms with Crippen LogP contribution in [0.3, 0.4) is 0 Å². The third-order valence-electron chi connectivity index (χ3n) is 6.12. The summed E-state index contributed by atoms with van der Waals surface area (Å²) in [4.78, 5) is 22.2. The number of carbonyl (C=O) groups excluding carboxylic acids is 1. The Kier molecular flexibility index (Phi) is 6.87. The fourth-order valence-electron chi connectivity index (χ4n) is 4.33. The molecule has 0 saturated carbocycles. The summed E-state index contributed by atoms with van der Waals surface area (Å²) in [6.07, 6.45) is 6.88. The van der Waals surface area contributed by atoms with Gasteiger partial charge in [0.05, 0.1) is 17.3 Å². The van der Waals surface area contributed by atoms with E-state index in [2.05, 4.69) is 15.1 Å². The van der Waals surface area contributed by atoms with Crippen molar-refractivity contribution in [3.63, 3.8) is 0 Å². The van der Waals surface area contributed by atoms with Crippen molar-refractivity contribution in [3.8, 4) is 5.75 Å². The van der Waals surface area contributed by atoms with Crippen molar-refractivity contribution in [2.45, 2.75) is 38.5 Å². The Bertz CT molecular complexity index is 810. The minimum atomic E-state index is 0.135. The van der Waals surface area contributed by atoms with Crippen LogP contribution in [0.15, 0.2) is 18.2 Å². The quantitative estimate of drug-likeness (QED) is 0.700. The second-order valence-electron chi connectivity index (χ2n) is 8.14. The van der Waals surface area contributed by atoms with Gasteiger partial charge in [-0.15, -0.1) is 0 Å². The second kappa shape index (κ2) is 9.76. The molecule has 2 saturated heterocycles. The van der Waals surface area contributed by atoms with Crippen LogP contribution in [0.4, 0.5) is 5.13 Å². The summed E-state index contributed by atoms with van der Waals surface area (Å²) in [7, 11) is 1.69. The third-order valence-corrected chi connectivity index (χ3v) is 7.20. The maximum absolute atomic E-state index is 12.5. The molecular formula is C22H32N4O2S. The lowest BCUT2D eigenvalue weighted by molar-refractivity contribution is -0.125. The molecule has 2 aliphatic heterocycles. The summed E-state index contributed by atoms with van der Waals surface area (Å²) in [6, 6.07) is 6.01. The molecule has 4 rings (SSSR count). The predicted octanol–water partition coefficient (Wildman–Crippen LogP) is 3.51. The van der Waals surface area contributed by atoms with Gasteiger partial charge in [-0.1, -0.05) is 17.8 Å². The van der Waals surface area contributed by atoms with Crippen LogP contribution in [-0.4, -0.2) is 62.2 Å². The zero-order chi connectivity index (χ0) is 20.1. The van der Waals surface area contributed by atoms with Gasteiger partial charge in [0.2, 0.25) is 5.91 Å². The normalized spacial score (nSPS) is 18.9. The van der Waals surface area contributed by atoms with Crippen LogP contribution in [-0.2, 0) is 4.79 Å². The van der Waals surface area contributed by atoms with E-state index in [0.29, 0.717) is 0 Å². The molecule has 0 radical (unpaired) electrons. The van der Waals surface area contributed by atoms with Gasteiger partial charge < -0.3 is 19.9 Å². The van der Waals surface area contributed by atoms with E-state index in [1.807, 2.05) is 18.2 Å². The molecule has 29 heavy (non-hydrogen) atoms. The second-order valence-corrected chi connectivity index (χ2v) is 9.15. The highest BCUT2D eigenvalue weighted by molar-refractivity contribution is 7.22. The topological polar surface area (TPSA) is 57.7 Å². The fourth-order valence-corrected chi connectivity index (χ4v) is 5.38. The standard InChI is InChI=1S/C22H32N4O2S/c1-28-18-6-7-19-20(16-18)29-22(24-19)26-14-8-17(9-15-26)21(27)23-10-5-13-25-11-3-2-4-12-25/h6-7,16-17H,2-5,8-15H2,1H3,(H,23,27). The van der Waals surface area contributed by atoms with Crippen molar-refractivity contribution in [1.82, 2.24) is 15.2 Å². The first-order chi connectivity index (χ1) is 14.2. The highest BCUT2D eigenvalue weighted by Gasteiger charge is 2.26. The van der Waals surface area contributed by atoms with Crippen LogP contribution in [0.1, 0.15) is 38.5 Å². The van der Waals surface area contributed by atoms with Gasteiger partial charge in [-0.25, -0.2) is 4.98 Å². The number of anilines is 1. The molecular weight excluding hydrogens is 384 g/mol. The minimum Gasteiger partial charge on any atom is -0.497 e. The van der Waals surface area contributed by atoms with E-state index in [-0.39, 0.29) is 11.8 Å². The number of thiazole rings is 1. The third kappa shape index (κ3) is 5.20. The number of ether oxygens (including phenoxy) is 1. The molecule has 0 spiro atoms. The van der Waals surface area contributed by atoms with Crippen molar-refractivity contribution < 1.29 is 9.53 Å². The Morgan fingerprint density at radius 3 is 2.76 bits per heavy atom. The molecule has 1 aromatic heterocycles. The maximum Gasteiger partial charge on any atom is 0.223 e. The Balaban J connectivity index is 1.21. The molecule has 7 heteroatoms. The summed E-state index contributed by atoms with van der Waals surface area (Å²) in [5.41, 5.74) is 1.01. The van der Waals surface area contributed by atoms with Crippen LogP contribution in [0.5, 0.6) is 5.75 Å². The Hall–Kier alpha value is -1.86. The van der Waals surface area contributed by atoms with Gasteiger partial charge in [-0.3, -0.25) is 4.79 Å². The number of piperidine rings is 2. The van der Waals surface area contributed by atoms with E-state index < -0.39 is 0 Å². The number of hydrogen-bond donors (Lipinski definition) is 1. The molecule has 6 nitrogen and oxygen atoms in total. The Morgan fingerprint density at radius 1 is 1.21 bits per heavy atom.